The molecule has 0 bridgehead atoms. The molecule has 2 aliphatic rings. The van der Waals surface area contributed by atoms with Crippen LogP contribution in [0.1, 0.15) is 46.5 Å². The zero-order chi connectivity index (χ0) is 16.8. The number of carbonyl (C=O) groups is 2. The van der Waals surface area contributed by atoms with Crippen LogP contribution in [0, 0.1) is 5.41 Å². The van der Waals surface area contributed by atoms with Crippen LogP contribution in [-0.4, -0.2) is 49.4 Å². The molecule has 1 N–H and O–H groups in total. The van der Waals surface area contributed by atoms with Gasteiger partial charge >= 0.3 is 6.09 Å². The van der Waals surface area contributed by atoms with Gasteiger partial charge in [-0.3, -0.25) is 4.79 Å². The quantitative estimate of drug-likeness (QED) is 0.788. The summed E-state index contributed by atoms with van der Waals surface area (Å²) >= 11 is 0. The Morgan fingerprint density at radius 2 is 1.86 bits per heavy atom. The van der Waals surface area contributed by atoms with Crippen molar-refractivity contribution in [3.05, 3.63) is 0 Å². The van der Waals surface area contributed by atoms with E-state index in [9.17, 15) is 9.59 Å². The van der Waals surface area contributed by atoms with E-state index in [1.165, 1.54) is 4.90 Å². The van der Waals surface area contributed by atoms with Gasteiger partial charge in [0.1, 0.15) is 5.78 Å². The first kappa shape index (κ1) is 17.5. The van der Waals surface area contributed by atoms with Crippen molar-refractivity contribution in [1.82, 2.24) is 4.90 Å². The molecule has 0 aromatic rings. The summed E-state index contributed by atoms with van der Waals surface area (Å²) in [5.41, 5.74) is -0.334. The number of Topliss-reactive ketones (excluding diaryl/α,β-unsaturated/α-hetero) is 1. The zero-order valence-electron chi connectivity index (χ0n) is 14.4. The smallest absolute Gasteiger partial charge is 0.407 e. The molecule has 6 heteroatoms. The lowest BCUT2D eigenvalue weighted by Crippen LogP contribution is -2.45. The van der Waals surface area contributed by atoms with E-state index in [-0.39, 0.29) is 22.3 Å². The number of hydrogen-bond donors (Lipinski definition) is 1. The first-order chi connectivity index (χ1) is 9.97. The van der Waals surface area contributed by atoms with Gasteiger partial charge in [0, 0.05) is 24.9 Å². The van der Waals surface area contributed by atoms with Crippen molar-refractivity contribution >= 4 is 20.2 Å². The monoisotopic (exact) mass is 327 g/mol. The molecule has 5 nitrogen and oxygen atoms in total. The molecular formula is C16H29NO4Si. The fourth-order valence-corrected chi connectivity index (χ4v) is 4.68. The van der Waals surface area contributed by atoms with Crippen LogP contribution in [0.5, 0.6) is 0 Å². The highest BCUT2D eigenvalue weighted by molar-refractivity contribution is 6.74. The summed E-state index contributed by atoms with van der Waals surface area (Å²) in [6, 6.07) is 0. The van der Waals surface area contributed by atoms with Gasteiger partial charge < -0.3 is 14.4 Å². The van der Waals surface area contributed by atoms with Gasteiger partial charge in [0.05, 0.1) is 6.10 Å². The Labute approximate surface area is 134 Å². The van der Waals surface area contributed by atoms with E-state index in [0.29, 0.717) is 32.4 Å². The van der Waals surface area contributed by atoms with Gasteiger partial charge in [-0.1, -0.05) is 20.8 Å². The van der Waals surface area contributed by atoms with Crippen LogP contribution in [-0.2, 0) is 9.22 Å². The molecule has 22 heavy (non-hydrogen) atoms. The number of carboxylic acid groups (broad SMARTS) is 1. The summed E-state index contributed by atoms with van der Waals surface area (Å²) in [7, 11) is -1.87. The normalized spacial score (nSPS) is 25.8. The van der Waals surface area contributed by atoms with Crippen LogP contribution in [0.25, 0.3) is 0 Å². The number of amides is 1. The van der Waals surface area contributed by atoms with E-state index in [2.05, 4.69) is 33.9 Å². The van der Waals surface area contributed by atoms with Crippen molar-refractivity contribution in [3.63, 3.8) is 0 Å². The van der Waals surface area contributed by atoms with Crippen molar-refractivity contribution in [3.8, 4) is 0 Å². The topological polar surface area (TPSA) is 66.8 Å². The Hall–Kier alpha value is -0.883. The molecular weight excluding hydrogens is 298 g/mol. The Balaban J connectivity index is 2.02. The number of ketones is 1. The molecule has 2 fully saturated rings. The minimum atomic E-state index is -1.87. The predicted octanol–water partition coefficient (Wildman–Crippen LogP) is 3.50. The predicted molar refractivity (Wildman–Crippen MR) is 87.6 cm³/mol. The summed E-state index contributed by atoms with van der Waals surface area (Å²) in [5.74, 6) is 0.279. The van der Waals surface area contributed by atoms with Crippen molar-refractivity contribution < 1.29 is 19.1 Å². The molecule has 0 aromatic heterocycles. The highest BCUT2D eigenvalue weighted by Crippen LogP contribution is 2.47. The Kier molecular flexibility index (Phi) is 4.48. The second-order valence-electron chi connectivity index (χ2n) is 8.38. The Morgan fingerprint density at radius 3 is 2.32 bits per heavy atom. The fraction of sp³-hybridized carbons (Fsp3) is 0.875. The molecule has 1 spiro atoms. The molecule has 1 atom stereocenters. The van der Waals surface area contributed by atoms with Gasteiger partial charge in [-0.25, -0.2) is 4.79 Å². The molecule has 1 saturated heterocycles. The second kappa shape index (κ2) is 5.64. The summed E-state index contributed by atoms with van der Waals surface area (Å²) in [6.07, 6.45) is 1.70. The lowest BCUT2D eigenvalue weighted by Gasteiger charge is -2.40. The number of rotatable bonds is 2. The van der Waals surface area contributed by atoms with E-state index >= 15 is 0 Å². The maximum absolute atomic E-state index is 12.5. The van der Waals surface area contributed by atoms with Crippen LogP contribution in [0.2, 0.25) is 18.1 Å². The molecule has 1 aliphatic heterocycles. The average Bonchev–Trinajstić information content (AvgIpc) is 2.64. The van der Waals surface area contributed by atoms with Gasteiger partial charge in [-0.2, -0.15) is 0 Å². The number of hydrogen-bond acceptors (Lipinski definition) is 3. The molecule has 1 aliphatic carbocycles. The largest absolute Gasteiger partial charge is 0.465 e. The molecule has 1 heterocycles. The van der Waals surface area contributed by atoms with E-state index in [0.717, 1.165) is 6.42 Å². The van der Waals surface area contributed by atoms with Gasteiger partial charge in [0.25, 0.3) is 0 Å². The number of likely N-dealkylation sites (tertiary alicyclic amines) is 1. The lowest BCUT2D eigenvalue weighted by molar-refractivity contribution is -0.128. The van der Waals surface area contributed by atoms with Gasteiger partial charge in [0.15, 0.2) is 8.32 Å². The van der Waals surface area contributed by atoms with E-state index in [1.54, 1.807) is 0 Å². The molecule has 0 aromatic carbocycles. The fourth-order valence-electron chi connectivity index (χ4n) is 3.33. The molecule has 2 rings (SSSR count). The molecule has 1 saturated carbocycles. The molecule has 0 radical (unpaired) electrons. The van der Waals surface area contributed by atoms with Crippen molar-refractivity contribution in [1.29, 1.82) is 0 Å². The number of carbonyl (C=O) groups excluding carboxylic acids is 1. The standard InChI is InChI=1S/C16H29NO4Si/c1-15(2,3)22(4,5)21-12-10-13(18)16(11-12)6-8-17(9-7-16)14(19)20/h12H,6-11H2,1-5H3,(H,19,20). The van der Waals surface area contributed by atoms with Crippen LogP contribution in [0.4, 0.5) is 4.79 Å². The maximum atomic E-state index is 12.5. The van der Waals surface area contributed by atoms with Gasteiger partial charge in [0.2, 0.25) is 0 Å². The van der Waals surface area contributed by atoms with Gasteiger partial charge in [-0.15, -0.1) is 0 Å². The Morgan fingerprint density at radius 1 is 1.32 bits per heavy atom. The highest BCUT2D eigenvalue weighted by Gasteiger charge is 2.51. The van der Waals surface area contributed by atoms with Crippen molar-refractivity contribution in [2.24, 2.45) is 5.41 Å². The maximum Gasteiger partial charge on any atom is 0.407 e. The summed E-state index contributed by atoms with van der Waals surface area (Å²) in [6.45, 7) is 12.0. The third-order valence-corrected chi connectivity index (χ3v) is 10.4. The van der Waals surface area contributed by atoms with Crippen LogP contribution in [0.15, 0.2) is 0 Å². The minimum Gasteiger partial charge on any atom is -0.465 e. The summed E-state index contributed by atoms with van der Waals surface area (Å²) < 4.78 is 6.42. The SMILES string of the molecule is CC(C)(C)[Si](C)(C)OC1CC(=O)C2(CCN(C(=O)O)CC2)C1. The average molecular weight is 327 g/mol. The molecule has 1 unspecified atom stereocenters. The van der Waals surface area contributed by atoms with E-state index in [4.69, 9.17) is 9.53 Å². The van der Waals surface area contributed by atoms with Crippen molar-refractivity contribution in [2.75, 3.05) is 13.1 Å². The van der Waals surface area contributed by atoms with Gasteiger partial charge in [-0.05, 0) is 37.4 Å². The first-order valence-electron chi connectivity index (χ1n) is 8.16. The third kappa shape index (κ3) is 3.22. The highest BCUT2D eigenvalue weighted by atomic mass is 28.4. The molecule has 126 valence electrons. The van der Waals surface area contributed by atoms with Crippen molar-refractivity contribution in [2.45, 2.75) is 70.7 Å². The first-order valence-corrected chi connectivity index (χ1v) is 11.1. The summed E-state index contributed by atoms with van der Waals surface area (Å²) in [5, 5.41) is 9.19. The van der Waals surface area contributed by atoms with Crippen LogP contribution >= 0.6 is 0 Å². The van der Waals surface area contributed by atoms with Crippen LogP contribution < -0.4 is 0 Å². The lowest BCUT2D eigenvalue weighted by atomic mass is 9.76. The summed E-state index contributed by atoms with van der Waals surface area (Å²) in [4.78, 5) is 25.0. The van der Waals surface area contributed by atoms with E-state index < -0.39 is 14.4 Å². The second-order valence-corrected chi connectivity index (χ2v) is 13.1. The third-order valence-electron chi connectivity index (χ3n) is 5.88. The van der Waals surface area contributed by atoms with Crippen LogP contribution in [0.3, 0.4) is 0 Å². The van der Waals surface area contributed by atoms with E-state index in [1.807, 2.05) is 0 Å². The minimum absolute atomic E-state index is 0.0183. The zero-order valence-corrected chi connectivity index (χ0v) is 15.4. The number of piperidine rings is 1. The Bertz CT molecular complexity index is 461. The molecule has 1 amide bonds. The number of nitrogens with zero attached hydrogens (tertiary/aromatic N) is 1.